The highest BCUT2D eigenvalue weighted by Crippen LogP contribution is 2.37. The normalized spacial score (nSPS) is 14.6. The lowest BCUT2D eigenvalue weighted by atomic mass is 10.1. The number of benzene rings is 3. The lowest BCUT2D eigenvalue weighted by molar-refractivity contribution is 0.0734. The van der Waals surface area contributed by atoms with Gasteiger partial charge in [-0.2, -0.15) is 0 Å². The van der Waals surface area contributed by atoms with E-state index in [0.717, 1.165) is 0 Å². The number of carbonyl (C=O) groups is 2. The number of allylic oxidation sites excluding steroid dienone is 1. The van der Waals surface area contributed by atoms with Crippen molar-refractivity contribution in [3.8, 4) is 34.5 Å². The van der Waals surface area contributed by atoms with Gasteiger partial charge in [0.2, 0.25) is 12.6 Å². The van der Waals surface area contributed by atoms with E-state index in [-0.39, 0.29) is 24.1 Å². The quantitative estimate of drug-likeness (QED) is 0.326. The largest absolute Gasteiger partial charge is 0.497 e. The van der Waals surface area contributed by atoms with Crippen LogP contribution in [0.5, 0.6) is 34.5 Å². The second-order valence-electron chi connectivity index (χ2n) is 7.16. The van der Waals surface area contributed by atoms with Gasteiger partial charge in [0.05, 0.1) is 25.3 Å². The Morgan fingerprint density at radius 2 is 1.70 bits per heavy atom. The Hall–Kier alpha value is -4.46. The predicted molar refractivity (Wildman–Crippen MR) is 116 cm³/mol. The van der Waals surface area contributed by atoms with Crippen molar-refractivity contribution < 1.29 is 38.0 Å². The summed E-state index contributed by atoms with van der Waals surface area (Å²) >= 11 is 0. The molecule has 3 aromatic rings. The van der Waals surface area contributed by atoms with Gasteiger partial charge in [0.15, 0.2) is 17.3 Å². The lowest BCUT2D eigenvalue weighted by Crippen LogP contribution is -2.08. The van der Waals surface area contributed by atoms with Crippen LogP contribution in [0.4, 0.5) is 0 Å². The first-order valence-electron chi connectivity index (χ1n) is 9.98. The minimum Gasteiger partial charge on any atom is -0.497 e. The van der Waals surface area contributed by atoms with E-state index in [2.05, 4.69) is 0 Å². The number of ketones is 1. The molecule has 8 nitrogen and oxygen atoms in total. The van der Waals surface area contributed by atoms with Gasteiger partial charge >= 0.3 is 5.97 Å². The van der Waals surface area contributed by atoms with Crippen molar-refractivity contribution in [2.45, 2.75) is 0 Å². The zero-order valence-electron chi connectivity index (χ0n) is 17.7. The van der Waals surface area contributed by atoms with Gasteiger partial charge in [-0.25, -0.2) is 4.79 Å². The molecule has 0 fully saturated rings. The average molecular weight is 446 g/mol. The SMILES string of the molecule is COc1ccc(C=C2Oc3cc(OC(=O)c4ccc5c(c4)OCO5)ccc3C2=O)c(OC)c1. The van der Waals surface area contributed by atoms with Crippen LogP contribution in [0.15, 0.2) is 60.4 Å². The summed E-state index contributed by atoms with van der Waals surface area (Å²) in [5, 5.41) is 0. The number of Topliss-reactive ketones (excluding diaryl/α,β-unsaturated/α-hetero) is 1. The molecule has 2 aliphatic rings. The standard InChI is InChI=1S/C25H18O8/c1-28-16-5-3-14(20(11-16)29-2)9-23-24(26)18-7-6-17(12-21(18)33-23)32-25(27)15-4-8-19-22(10-15)31-13-30-19/h3-12H,13H2,1-2H3. The molecule has 2 heterocycles. The number of hydrogen-bond acceptors (Lipinski definition) is 8. The van der Waals surface area contributed by atoms with Gasteiger partial charge in [0.1, 0.15) is 23.0 Å². The number of fused-ring (bicyclic) bond motifs is 2. The predicted octanol–water partition coefficient (Wildman–Crippen LogP) is 4.27. The van der Waals surface area contributed by atoms with Gasteiger partial charge in [0.25, 0.3) is 0 Å². The monoisotopic (exact) mass is 446 g/mol. The molecule has 33 heavy (non-hydrogen) atoms. The molecule has 0 saturated carbocycles. The van der Waals surface area contributed by atoms with E-state index >= 15 is 0 Å². The van der Waals surface area contributed by atoms with Crippen LogP contribution in [-0.2, 0) is 0 Å². The number of rotatable bonds is 5. The van der Waals surface area contributed by atoms with Gasteiger partial charge in [-0.15, -0.1) is 0 Å². The Kier molecular flexibility index (Phi) is 5.10. The van der Waals surface area contributed by atoms with Gasteiger partial charge in [0, 0.05) is 17.7 Å². The van der Waals surface area contributed by atoms with Crippen molar-refractivity contribution in [1.82, 2.24) is 0 Å². The fourth-order valence-corrected chi connectivity index (χ4v) is 3.50. The van der Waals surface area contributed by atoms with E-state index in [1.165, 1.54) is 13.2 Å². The Bertz CT molecular complexity index is 1310. The van der Waals surface area contributed by atoms with E-state index in [0.29, 0.717) is 45.4 Å². The topological polar surface area (TPSA) is 89.5 Å². The number of hydrogen-bond donors (Lipinski definition) is 0. The Morgan fingerprint density at radius 3 is 2.52 bits per heavy atom. The lowest BCUT2D eigenvalue weighted by Gasteiger charge is -2.08. The summed E-state index contributed by atoms with van der Waals surface area (Å²) in [6, 6.07) is 14.6. The van der Waals surface area contributed by atoms with Crippen LogP contribution < -0.4 is 28.4 Å². The summed E-state index contributed by atoms with van der Waals surface area (Å²) < 4.78 is 32.3. The molecule has 8 heteroatoms. The molecular formula is C25H18O8. The highest BCUT2D eigenvalue weighted by atomic mass is 16.7. The minimum absolute atomic E-state index is 0.113. The molecule has 0 unspecified atom stereocenters. The van der Waals surface area contributed by atoms with Crippen molar-refractivity contribution >= 4 is 17.8 Å². The van der Waals surface area contributed by atoms with Gasteiger partial charge in [-0.1, -0.05) is 0 Å². The summed E-state index contributed by atoms with van der Waals surface area (Å²) in [4.78, 5) is 25.3. The number of esters is 1. The zero-order chi connectivity index (χ0) is 22.9. The summed E-state index contributed by atoms with van der Waals surface area (Å²) in [5.41, 5.74) is 1.34. The Labute approximate surface area is 188 Å². The van der Waals surface area contributed by atoms with Crippen LogP contribution in [-0.4, -0.2) is 32.8 Å². The number of ether oxygens (including phenoxy) is 6. The third-order valence-electron chi connectivity index (χ3n) is 5.19. The second-order valence-corrected chi connectivity index (χ2v) is 7.16. The molecular weight excluding hydrogens is 428 g/mol. The van der Waals surface area contributed by atoms with E-state index in [1.807, 2.05) is 0 Å². The summed E-state index contributed by atoms with van der Waals surface area (Å²) in [6.07, 6.45) is 1.60. The molecule has 0 spiro atoms. The summed E-state index contributed by atoms with van der Waals surface area (Å²) in [7, 11) is 3.09. The smallest absolute Gasteiger partial charge is 0.343 e. The molecule has 2 aliphatic heterocycles. The molecule has 0 bridgehead atoms. The van der Waals surface area contributed by atoms with Crippen molar-refractivity contribution in [3.05, 3.63) is 77.0 Å². The molecule has 0 saturated heterocycles. The maximum absolute atomic E-state index is 12.8. The van der Waals surface area contributed by atoms with Crippen molar-refractivity contribution in [3.63, 3.8) is 0 Å². The van der Waals surface area contributed by atoms with E-state index in [9.17, 15) is 9.59 Å². The van der Waals surface area contributed by atoms with Crippen LogP contribution in [0.25, 0.3) is 6.08 Å². The van der Waals surface area contributed by atoms with E-state index in [4.69, 9.17) is 28.4 Å². The summed E-state index contributed by atoms with van der Waals surface area (Å²) in [5.74, 6) is 2.04. The minimum atomic E-state index is -0.573. The highest BCUT2D eigenvalue weighted by Gasteiger charge is 2.28. The van der Waals surface area contributed by atoms with Gasteiger partial charge < -0.3 is 28.4 Å². The first-order valence-corrected chi connectivity index (χ1v) is 9.98. The molecule has 0 aliphatic carbocycles. The molecule has 0 N–H and O–H groups in total. The molecule has 5 rings (SSSR count). The molecule has 0 atom stereocenters. The van der Waals surface area contributed by atoms with Crippen LogP contribution >= 0.6 is 0 Å². The third kappa shape index (κ3) is 3.82. The van der Waals surface area contributed by atoms with E-state index in [1.54, 1.807) is 61.7 Å². The molecule has 0 aromatic heterocycles. The molecule has 0 amide bonds. The maximum atomic E-state index is 12.8. The zero-order valence-corrected chi connectivity index (χ0v) is 17.7. The molecule has 166 valence electrons. The van der Waals surface area contributed by atoms with Crippen molar-refractivity contribution in [2.75, 3.05) is 21.0 Å². The van der Waals surface area contributed by atoms with Crippen molar-refractivity contribution in [2.24, 2.45) is 0 Å². The van der Waals surface area contributed by atoms with Crippen LogP contribution in [0.3, 0.4) is 0 Å². The molecule has 3 aromatic carbocycles. The Balaban J connectivity index is 1.36. The first-order chi connectivity index (χ1) is 16.1. The van der Waals surface area contributed by atoms with Crippen LogP contribution in [0, 0.1) is 0 Å². The number of carbonyl (C=O) groups excluding carboxylic acids is 2. The maximum Gasteiger partial charge on any atom is 0.343 e. The fourth-order valence-electron chi connectivity index (χ4n) is 3.50. The summed E-state index contributed by atoms with van der Waals surface area (Å²) in [6.45, 7) is 0.113. The first kappa shape index (κ1) is 20.4. The Morgan fingerprint density at radius 1 is 0.879 bits per heavy atom. The number of methoxy groups -OCH3 is 2. The van der Waals surface area contributed by atoms with Gasteiger partial charge in [-0.3, -0.25) is 4.79 Å². The second kappa shape index (κ2) is 8.23. The third-order valence-corrected chi connectivity index (χ3v) is 5.19. The fraction of sp³-hybridized carbons (Fsp3) is 0.120. The highest BCUT2D eigenvalue weighted by molar-refractivity contribution is 6.14. The van der Waals surface area contributed by atoms with E-state index < -0.39 is 5.97 Å². The van der Waals surface area contributed by atoms with Crippen LogP contribution in [0.2, 0.25) is 0 Å². The average Bonchev–Trinajstić information content (AvgIpc) is 3.43. The van der Waals surface area contributed by atoms with Crippen molar-refractivity contribution in [1.29, 1.82) is 0 Å². The molecule has 0 radical (unpaired) electrons. The van der Waals surface area contributed by atoms with Gasteiger partial charge in [-0.05, 0) is 48.5 Å². The van der Waals surface area contributed by atoms with Crippen LogP contribution in [0.1, 0.15) is 26.3 Å².